The average Bonchev–Trinajstić information content (AvgIpc) is 2.66. The third kappa shape index (κ3) is 1.99. The van der Waals surface area contributed by atoms with E-state index in [0.29, 0.717) is 12.3 Å². The molecule has 3 heteroatoms. The van der Waals surface area contributed by atoms with E-state index in [1.807, 2.05) is 29.2 Å². The Kier molecular flexibility index (Phi) is 2.68. The van der Waals surface area contributed by atoms with E-state index < -0.39 is 0 Å². The van der Waals surface area contributed by atoms with Crippen molar-refractivity contribution in [2.45, 2.75) is 19.3 Å². The van der Waals surface area contributed by atoms with Crippen LogP contribution in [-0.4, -0.2) is 12.4 Å². The van der Waals surface area contributed by atoms with Gasteiger partial charge >= 0.3 is 0 Å². The minimum absolute atomic E-state index is 0.456. The Bertz CT molecular complexity index is 400. The highest BCUT2D eigenvalue weighted by Gasteiger charge is 2.17. The molecular weight excluding hydrogens is 186 g/mol. The lowest BCUT2D eigenvalue weighted by atomic mass is 10.1. The lowest BCUT2D eigenvalue weighted by Gasteiger charge is -2.17. The maximum absolute atomic E-state index is 8.55. The molecule has 1 aliphatic rings. The van der Waals surface area contributed by atoms with Crippen LogP contribution < -0.4 is 4.90 Å². The number of nitrogens with zero attached hydrogens (tertiary/aromatic N) is 2. The van der Waals surface area contributed by atoms with Crippen molar-refractivity contribution in [3.63, 3.8) is 0 Å². The van der Waals surface area contributed by atoms with Crippen LogP contribution in [0.1, 0.15) is 18.4 Å². The Morgan fingerprint density at radius 1 is 1.33 bits per heavy atom. The van der Waals surface area contributed by atoms with Gasteiger partial charge in [0.25, 0.3) is 0 Å². The van der Waals surface area contributed by atoms with Gasteiger partial charge in [0.2, 0.25) is 0 Å². The average molecular weight is 199 g/mol. The van der Waals surface area contributed by atoms with Crippen molar-refractivity contribution < 1.29 is 0 Å². The van der Waals surface area contributed by atoms with Gasteiger partial charge in [-0.2, -0.15) is 5.26 Å². The van der Waals surface area contributed by atoms with Gasteiger partial charge in [-0.05, 0) is 24.1 Å². The van der Waals surface area contributed by atoms with Crippen LogP contribution in [0.5, 0.6) is 0 Å². The summed E-state index contributed by atoms with van der Waals surface area (Å²) in [6.45, 7) is 0.941. The van der Waals surface area contributed by atoms with Crippen LogP contribution in [0.3, 0.4) is 0 Å². The van der Waals surface area contributed by atoms with E-state index in [0.717, 1.165) is 30.6 Å². The molecule has 0 aromatic heterocycles. The molecule has 1 fully saturated rings. The molecule has 0 spiro atoms. The van der Waals surface area contributed by atoms with E-state index in [4.69, 9.17) is 10.7 Å². The van der Waals surface area contributed by atoms with Crippen molar-refractivity contribution >= 4 is 11.5 Å². The van der Waals surface area contributed by atoms with Gasteiger partial charge in [0.15, 0.2) is 0 Å². The molecular formula is C12H13N3. The van der Waals surface area contributed by atoms with Crippen molar-refractivity contribution in [3.8, 4) is 6.07 Å². The van der Waals surface area contributed by atoms with Gasteiger partial charge in [-0.15, -0.1) is 0 Å². The number of hydrogen-bond acceptors (Lipinski definition) is 2. The van der Waals surface area contributed by atoms with Gasteiger partial charge < -0.3 is 4.90 Å². The maximum Gasteiger partial charge on any atom is 0.100 e. The molecule has 0 atom stereocenters. The standard InChI is InChI=1S/C12H13N3/c13-8-7-10-3-5-11(6-4-10)15-9-1-2-12(15)14/h3-6,14H,1-2,7,9H2. The van der Waals surface area contributed by atoms with E-state index in [9.17, 15) is 0 Å². The fourth-order valence-corrected chi connectivity index (χ4v) is 1.84. The summed E-state index contributed by atoms with van der Waals surface area (Å²) in [5, 5.41) is 16.3. The zero-order valence-electron chi connectivity index (χ0n) is 8.53. The second-order valence-electron chi connectivity index (χ2n) is 3.70. The van der Waals surface area contributed by atoms with Crippen LogP contribution in [0.4, 0.5) is 5.69 Å². The molecule has 0 bridgehead atoms. The molecule has 0 saturated carbocycles. The number of amidine groups is 1. The molecule has 1 saturated heterocycles. The molecule has 15 heavy (non-hydrogen) atoms. The highest BCUT2D eigenvalue weighted by Crippen LogP contribution is 2.21. The second-order valence-corrected chi connectivity index (χ2v) is 3.70. The predicted molar refractivity (Wildman–Crippen MR) is 60.1 cm³/mol. The molecule has 0 radical (unpaired) electrons. The summed E-state index contributed by atoms with van der Waals surface area (Å²) in [5.74, 6) is 0.697. The van der Waals surface area contributed by atoms with Crippen LogP contribution in [0.15, 0.2) is 24.3 Å². The Labute approximate surface area is 89.5 Å². The Morgan fingerprint density at radius 2 is 2.07 bits per heavy atom. The minimum Gasteiger partial charge on any atom is -0.330 e. The lowest BCUT2D eigenvalue weighted by Crippen LogP contribution is -2.22. The molecule has 0 unspecified atom stereocenters. The third-order valence-electron chi connectivity index (χ3n) is 2.65. The molecule has 76 valence electrons. The third-order valence-corrected chi connectivity index (χ3v) is 2.65. The first-order valence-corrected chi connectivity index (χ1v) is 5.12. The summed E-state index contributed by atoms with van der Waals surface area (Å²) in [4.78, 5) is 2.02. The van der Waals surface area contributed by atoms with Crippen LogP contribution >= 0.6 is 0 Å². The second kappa shape index (κ2) is 4.14. The smallest absolute Gasteiger partial charge is 0.100 e. The van der Waals surface area contributed by atoms with E-state index in [1.165, 1.54) is 0 Å². The summed E-state index contributed by atoms with van der Waals surface area (Å²) in [5.41, 5.74) is 2.10. The monoisotopic (exact) mass is 199 g/mol. The van der Waals surface area contributed by atoms with Gasteiger partial charge in [0, 0.05) is 18.7 Å². The molecule has 1 N–H and O–H groups in total. The van der Waals surface area contributed by atoms with Crippen molar-refractivity contribution in [1.29, 1.82) is 10.7 Å². The normalized spacial score (nSPS) is 15.4. The van der Waals surface area contributed by atoms with Crippen molar-refractivity contribution in [2.75, 3.05) is 11.4 Å². The number of hydrogen-bond donors (Lipinski definition) is 1. The zero-order valence-corrected chi connectivity index (χ0v) is 8.53. The van der Waals surface area contributed by atoms with Gasteiger partial charge in [0.05, 0.1) is 12.5 Å². The molecule has 0 aliphatic carbocycles. The first kappa shape index (κ1) is 9.72. The Balaban J connectivity index is 2.16. The number of anilines is 1. The Morgan fingerprint density at radius 3 is 2.60 bits per heavy atom. The van der Waals surface area contributed by atoms with Crippen molar-refractivity contribution in [1.82, 2.24) is 0 Å². The summed E-state index contributed by atoms with van der Waals surface area (Å²) < 4.78 is 0. The topological polar surface area (TPSA) is 50.9 Å². The summed E-state index contributed by atoms with van der Waals surface area (Å²) in [6, 6.07) is 10.0. The van der Waals surface area contributed by atoms with Crippen LogP contribution in [0.2, 0.25) is 0 Å². The predicted octanol–water partition coefficient (Wildman–Crippen LogP) is 2.33. The van der Waals surface area contributed by atoms with Gasteiger partial charge in [-0.25, -0.2) is 0 Å². The number of rotatable bonds is 2. The molecule has 3 nitrogen and oxygen atoms in total. The summed E-state index contributed by atoms with van der Waals surface area (Å²) >= 11 is 0. The molecule has 1 aromatic rings. The fraction of sp³-hybridized carbons (Fsp3) is 0.333. The molecule has 2 rings (SSSR count). The number of benzene rings is 1. The van der Waals surface area contributed by atoms with Gasteiger partial charge in [0.1, 0.15) is 5.84 Å². The zero-order chi connectivity index (χ0) is 10.7. The molecule has 1 aliphatic heterocycles. The van der Waals surface area contributed by atoms with Crippen LogP contribution in [0.25, 0.3) is 0 Å². The molecule has 1 heterocycles. The number of nitrogens with one attached hydrogen (secondary N) is 1. The van der Waals surface area contributed by atoms with E-state index in [2.05, 4.69) is 6.07 Å². The Hall–Kier alpha value is -1.82. The minimum atomic E-state index is 0.456. The van der Waals surface area contributed by atoms with E-state index >= 15 is 0 Å². The highest BCUT2D eigenvalue weighted by molar-refractivity contribution is 5.97. The van der Waals surface area contributed by atoms with Gasteiger partial charge in [-0.3, -0.25) is 5.41 Å². The van der Waals surface area contributed by atoms with E-state index in [1.54, 1.807) is 0 Å². The summed E-state index contributed by atoms with van der Waals surface area (Å²) in [6.07, 6.45) is 2.40. The largest absolute Gasteiger partial charge is 0.330 e. The maximum atomic E-state index is 8.55. The van der Waals surface area contributed by atoms with Crippen molar-refractivity contribution in [3.05, 3.63) is 29.8 Å². The van der Waals surface area contributed by atoms with Crippen LogP contribution in [0, 0.1) is 16.7 Å². The highest BCUT2D eigenvalue weighted by atomic mass is 15.2. The summed E-state index contributed by atoms with van der Waals surface area (Å²) in [7, 11) is 0. The first-order chi connectivity index (χ1) is 7.31. The quantitative estimate of drug-likeness (QED) is 0.794. The fourth-order valence-electron chi connectivity index (χ4n) is 1.84. The molecule has 1 aromatic carbocycles. The van der Waals surface area contributed by atoms with Crippen molar-refractivity contribution in [2.24, 2.45) is 0 Å². The SMILES string of the molecule is N#CCc1ccc(N2CCCC2=N)cc1. The number of nitriles is 1. The lowest BCUT2D eigenvalue weighted by molar-refractivity contribution is 0.956. The first-order valence-electron chi connectivity index (χ1n) is 5.12. The van der Waals surface area contributed by atoms with E-state index in [-0.39, 0.29) is 0 Å². The van der Waals surface area contributed by atoms with Gasteiger partial charge in [-0.1, -0.05) is 12.1 Å². The molecule has 0 amide bonds. The van der Waals surface area contributed by atoms with Crippen LogP contribution in [-0.2, 0) is 6.42 Å².